The molecule has 0 aromatic carbocycles. The maximum atomic E-state index is 12.8. The van der Waals surface area contributed by atoms with Crippen LogP contribution in [0.15, 0.2) is 0 Å². The average Bonchev–Trinajstić information content (AvgIpc) is 2.30. The zero-order chi connectivity index (χ0) is 10.2. The molecule has 0 bridgehead atoms. The molecule has 0 saturated heterocycles. The van der Waals surface area contributed by atoms with Gasteiger partial charge in [-0.15, -0.1) is 0 Å². The van der Waals surface area contributed by atoms with Crippen molar-refractivity contribution in [2.24, 2.45) is 0 Å². The van der Waals surface area contributed by atoms with Crippen LogP contribution >= 0.6 is 34.5 Å². The molecule has 1 aromatic heterocycles. The van der Waals surface area contributed by atoms with Crippen LogP contribution < -0.4 is 0 Å². The molecule has 13 heavy (non-hydrogen) atoms. The summed E-state index contributed by atoms with van der Waals surface area (Å²) in [5.74, 6) is -6.41. The largest absolute Gasteiger partial charge is 0.476 e. The molecule has 0 aliphatic carbocycles. The summed E-state index contributed by atoms with van der Waals surface area (Å²) in [6, 6.07) is 0. The lowest BCUT2D eigenvalue weighted by Gasteiger charge is -2.07. The van der Waals surface area contributed by atoms with E-state index in [9.17, 15) is 13.6 Å². The second-order valence-corrected chi connectivity index (χ2v) is 4.15. The van der Waals surface area contributed by atoms with Crippen LogP contribution in [0.3, 0.4) is 0 Å². The van der Waals surface area contributed by atoms with E-state index in [-0.39, 0.29) is 4.47 Å². The molecule has 8 heteroatoms. The van der Waals surface area contributed by atoms with E-state index < -0.39 is 21.9 Å². The summed E-state index contributed by atoms with van der Waals surface area (Å²) in [6.07, 6.45) is 0. The zero-order valence-electron chi connectivity index (χ0n) is 5.72. The molecule has 0 fully saturated rings. The molecule has 1 heterocycles. The van der Waals surface area contributed by atoms with Gasteiger partial charge in [0.25, 0.3) is 0 Å². The number of alkyl halides is 2. The van der Waals surface area contributed by atoms with Crippen LogP contribution in [0.25, 0.3) is 0 Å². The van der Waals surface area contributed by atoms with E-state index in [4.69, 9.17) is 28.3 Å². The smallest absolute Gasteiger partial charge is 0.386 e. The number of aromatic nitrogens is 1. The molecular formula is C5HCl2F2NO2S. The molecule has 0 amide bonds. The molecule has 72 valence electrons. The van der Waals surface area contributed by atoms with Crippen LogP contribution in [0, 0.1) is 0 Å². The predicted octanol–water partition coefficient (Wildman–Crippen LogP) is 2.63. The highest BCUT2D eigenvalue weighted by Crippen LogP contribution is 2.37. The van der Waals surface area contributed by atoms with E-state index >= 15 is 0 Å². The van der Waals surface area contributed by atoms with Gasteiger partial charge in [-0.25, -0.2) is 9.78 Å². The molecule has 0 aliphatic rings. The summed E-state index contributed by atoms with van der Waals surface area (Å²) in [5, 5.41) is 8.14. The van der Waals surface area contributed by atoms with Crippen LogP contribution in [0.5, 0.6) is 0 Å². The number of hydrogen-bond donors (Lipinski definition) is 1. The number of thiazole rings is 1. The first-order chi connectivity index (χ1) is 5.85. The van der Waals surface area contributed by atoms with Crippen LogP contribution in [0.4, 0.5) is 8.78 Å². The van der Waals surface area contributed by atoms with E-state index in [1.807, 2.05) is 0 Å². The Labute approximate surface area is 84.9 Å². The van der Waals surface area contributed by atoms with Gasteiger partial charge in [0.1, 0.15) is 4.34 Å². The lowest BCUT2D eigenvalue weighted by molar-refractivity contribution is -0.166. The third-order valence-electron chi connectivity index (χ3n) is 1.13. The fraction of sp³-hybridized carbons (Fsp3) is 0.200. The second-order valence-electron chi connectivity index (χ2n) is 1.97. The van der Waals surface area contributed by atoms with Gasteiger partial charge in [0.2, 0.25) is 0 Å². The first-order valence-electron chi connectivity index (χ1n) is 2.79. The van der Waals surface area contributed by atoms with Crippen molar-refractivity contribution in [1.82, 2.24) is 4.98 Å². The quantitative estimate of drug-likeness (QED) is 0.875. The number of rotatable bonds is 2. The standard InChI is InChI=1S/C5HCl2F2NO2S/c6-2-1(10-4(7)13-2)5(8,9)3(11)12/h(H,11,12). The normalized spacial score (nSPS) is 11.7. The summed E-state index contributed by atoms with van der Waals surface area (Å²) < 4.78 is 24.9. The minimum atomic E-state index is -4.10. The Kier molecular flexibility index (Phi) is 2.74. The number of hydrogen-bond acceptors (Lipinski definition) is 3. The van der Waals surface area contributed by atoms with Gasteiger partial charge in [-0.2, -0.15) is 8.78 Å². The van der Waals surface area contributed by atoms with Crippen LogP contribution in [0.2, 0.25) is 8.80 Å². The number of nitrogens with zero attached hydrogens (tertiary/aromatic N) is 1. The molecule has 1 N–H and O–H groups in total. The third kappa shape index (κ3) is 1.90. The van der Waals surface area contributed by atoms with Crippen molar-refractivity contribution in [2.45, 2.75) is 5.92 Å². The van der Waals surface area contributed by atoms with E-state index in [0.29, 0.717) is 11.3 Å². The average molecular weight is 248 g/mol. The summed E-state index contributed by atoms with van der Waals surface area (Å²) in [4.78, 5) is 13.2. The lowest BCUT2D eigenvalue weighted by Crippen LogP contribution is -2.26. The van der Waals surface area contributed by atoms with Crippen LogP contribution in [-0.4, -0.2) is 16.1 Å². The topological polar surface area (TPSA) is 50.2 Å². The fourth-order valence-electron chi connectivity index (χ4n) is 0.572. The van der Waals surface area contributed by atoms with Gasteiger partial charge < -0.3 is 5.11 Å². The predicted molar refractivity (Wildman–Crippen MR) is 43.7 cm³/mol. The lowest BCUT2D eigenvalue weighted by atomic mass is 10.3. The molecule has 3 nitrogen and oxygen atoms in total. The highest BCUT2D eigenvalue weighted by Gasteiger charge is 2.45. The Balaban J connectivity index is 3.21. The first-order valence-corrected chi connectivity index (χ1v) is 4.36. The first kappa shape index (κ1) is 10.6. The van der Waals surface area contributed by atoms with Crippen molar-refractivity contribution in [1.29, 1.82) is 0 Å². The van der Waals surface area contributed by atoms with Gasteiger partial charge in [-0.1, -0.05) is 34.5 Å². The molecule has 1 rings (SSSR count). The Morgan fingerprint density at radius 3 is 2.38 bits per heavy atom. The Morgan fingerprint density at radius 2 is 2.08 bits per heavy atom. The summed E-state index contributed by atoms with van der Waals surface area (Å²) >= 11 is 11.2. The number of carboxylic acid groups (broad SMARTS) is 1. The van der Waals surface area contributed by atoms with E-state index in [2.05, 4.69) is 4.98 Å². The van der Waals surface area contributed by atoms with Gasteiger partial charge in [-0.05, 0) is 0 Å². The van der Waals surface area contributed by atoms with Gasteiger partial charge in [-0.3, -0.25) is 0 Å². The van der Waals surface area contributed by atoms with E-state index in [0.717, 1.165) is 0 Å². The van der Waals surface area contributed by atoms with Gasteiger partial charge >= 0.3 is 11.9 Å². The molecule has 0 atom stereocenters. The molecule has 0 unspecified atom stereocenters. The van der Waals surface area contributed by atoms with Crippen molar-refractivity contribution >= 4 is 40.5 Å². The van der Waals surface area contributed by atoms with Crippen molar-refractivity contribution < 1.29 is 18.7 Å². The monoisotopic (exact) mass is 247 g/mol. The fourth-order valence-corrected chi connectivity index (χ4v) is 1.94. The molecule has 0 radical (unpaired) electrons. The van der Waals surface area contributed by atoms with Crippen molar-refractivity contribution in [3.63, 3.8) is 0 Å². The summed E-state index contributed by atoms with van der Waals surface area (Å²) in [5.41, 5.74) is -1.02. The minimum absolute atomic E-state index is 0.221. The Bertz CT molecular complexity index is 354. The maximum Gasteiger partial charge on any atom is 0.386 e. The second kappa shape index (κ2) is 3.36. The zero-order valence-corrected chi connectivity index (χ0v) is 8.05. The molecule has 1 aromatic rings. The van der Waals surface area contributed by atoms with Crippen LogP contribution in [0.1, 0.15) is 5.69 Å². The summed E-state index contributed by atoms with van der Waals surface area (Å²) in [7, 11) is 0. The van der Waals surface area contributed by atoms with Crippen molar-refractivity contribution in [3.05, 3.63) is 14.5 Å². The third-order valence-corrected chi connectivity index (χ3v) is 2.48. The Morgan fingerprint density at radius 1 is 1.54 bits per heavy atom. The number of aliphatic carboxylic acids is 1. The van der Waals surface area contributed by atoms with Crippen molar-refractivity contribution in [2.75, 3.05) is 0 Å². The van der Waals surface area contributed by atoms with E-state index in [1.165, 1.54) is 0 Å². The molecular weight excluding hydrogens is 247 g/mol. The van der Waals surface area contributed by atoms with Crippen LogP contribution in [-0.2, 0) is 10.7 Å². The highest BCUT2D eigenvalue weighted by atomic mass is 35.5. The number of halogens is 4. The molecule has 0 spiro atoms. The minimum Gasteiger partial charge on any atom is -0.476 e. The SMILES string of the molecule is O=C(O)C(F)(F)c1nc(Cl)sc1Cl. The number of carboxylic acids is 1. The molecule has 0 aliphatic heterocycles. The maximum absolute atomic E-state index is 12.8. The highest BCUT2D eigenvalue weighted by molar-refractivity contribution is 7.19. The van der Waals surface area contributed by atoms with E-state index in [1.54, 1.807) is 0 Å². The Hall–Kier alpha value is -0.460. The molecule has 0 saturated carbocycles. The number of carbonyl (C=O) groups is 1. The van der Waals surface area contributed by atoms with Crippen molar-refractivity contribution in [3.8, 4) is 0 Å². The summed E-state index contributed by atoms with van der Waals surface area (Å²) in [6.45, 7) is 0. The van der Waals surface area contributed by atoms with Gasteiger partial charge in [0.15, 0.2) is 10.2 Å². The van der Waals surface area contributed by atoms with Gasteiger partial charge in [0, 0.05) is 0 Å². The van der Waals surface area contributed by atoms with Gasteiger partial charge in [0.05, 0.1) is 0 Å².